The fourth-order valence-corrected chi connectivity index (χ4v) is 3.11. The van der Waals surface area contributed by atoms with Crippen LogP contribution < -0.4 is 0 Å². The first-order valence-electron chi connectivity index (χ1n) is 7.80. The second kappa shape index (κ2) is 6.89. The largest absolute Gasteiger partial charge is 0.342 e. The average Bonchev–Trinajstić information content (AvgIpc) is 3.15. The van der Waals surface area contributed by atoms with Gasteiger partial charge in [0.15, 0.2) is 0 Å². The number of amides is 1. The van der Waals surface area contributed by atoms with Crippen molar-refractivity contribution in [2.75, 3.05) is 13.1 Å². The molecular formula is C17H19F2N3O. The van der Waals surface area contributed by atoms with Crippen molar-refractivity contribution in [1.29, 1.82) is 0 Å². The lowest BCUT2D eigenvalue weighted by molar-refractivity contribution is -0.130. The fraction of sp³-hybridized carbons (Fsp3) is 0.412. The van der Waals surface area contributed by atoms with Crippen LogP contribution in [0.3, 0.4) is 0 Å². The van der Waals surface area contributed by atoms with Crippen LogP contribution >= 0.6 is 0 Å². The number of nitrogens with one attached hydrogen (secondary N) is 1. The predicted octanol–water partition coefficient (Wildman–Crippen LogP) is 2.71. The maximum Gasteiger partial charge on any atom is 0.222 e. The molecule has 1 fully saturated rings. The number of rotatable bonds is 5. The van der Waals surface area contributed by atoms with Crippen molar-refractivity contribution in [3.05, 3.63) is 53.4 Å². The summed E-state index contributed by atoms with van der Waals surface area (Å²) in [5.41, 5.74) is 1.67. The molecule has 0 spiro atoms. The molecule has 4 nitrogen and oxygen atoms in total. The zero-order valence-electron chi connectivity index (χ0n) is 12.8. The molecule has 1 saturated heterocycles. The van der Waals surface area contributed by atoms with E-state index in [4.69, 9.17) is 0 Å². The van der Waals surface area contributed by atoms with Gasteiger partial charge >= 0.3 is 0 Å². The number of H-pyrrole nitrogens is 1. The minimum Gasteiger partial charge on any atom is -0.342 e. The summed E-state index contributed by atoms with van der Waals surface area (Å²) >= 11 is 0. The van der Waals surface area contributed by atoms with Gasteiger partial charge in [-0.1, -0.05) is 0 Å². The number of likely N-dealkylation sites (tertiary alicyclic amines) is 1. The summed E-state index contributed by atoms with van der Waals surface area (Å²) in [4.78, 5) is 14.1. The highest BCUT2D eigenvalue weighted by molar-refractivity contribution is 5.76. The van der Waals surface area contributed by atoms with Gasteiger partial charge in [-0.2, -0.15) is 5.10 Å². The maximum absolute atomic E-state index is 13.2. The SMILES string of the molecule is O=C(CCc1cn[nH]c1)N1CCC(Cc2cc(F)cc(F)c2)C1. The van der Waals surface area contributed by atoms with Crippen molar-refractivity contribution in [2.24, 2.45) is 5.92 Å². The number of hydrogen-bond acceptors (Lipinski definition) is 2. The zero-order chi connectivity index (χ0) is 16.2. The molecule has 2 aromatic rings. The first-order valence-corrected chi connectivity index (χ1v) is 7.80. The van der Waals surface area contributed by atoms with E-state index in [1.165, 1.54) is 12.1 Å². The van der Waals surface area contributed by atoms with Gasteiger partial charge < -0.3 is 4.90 Å². The van der Waals surface area contributed by atoms with E-state index >= 15 is 0 Å². The molecular weight excluding hydrogens is 300 g/mol. The molecule has 1 aromatic carbocycles. The van der Waals surface area contributed by atoms with Gasteiger partial charge in [0.2, 0.25) is 5.91 Å². The number of aromatic nitrogens is 2. The lowest BCUT2D eigenvalue weighted by Crippen LogP contribution is -2.29. The van der Waals surface area contributed by atoms with Gasteiger partial charge in [-0.15, -0.1) is 0 Å². The Morgan fingerprint density at radius 2 is 2.04 bits per heavy atom. The summed E-state index contributed by atoms with van der Waals surface area (Å²) in [6.45, 7) is 1.37. The van der Waals surface area contributed by atoms with E-state index in [2.05, 4.69) is 10.2 Å². The highest BCUT2D eigenvalue weighted by Crippen LogP contribution is 2.22. The molecule has 2 heterocycles. The third-order valence-corrected chi connectivity index (χ3v) is 4.27. The second-order valence-corrected chi connectivity index (χ2v) is 6.08. The van der Waals surface area contributed by atoms with Crippen molar-refractivity contribution in [3.63, 3.8) is 0 Å². The summed E-state index contributed by atoms with van der Waals surface area (Å²) in [5, 5.41) is 6.59. The molecule has 0 bridgehead atoms. The fourth-order valence-electron chi connectivity index (χ4n) is 3.11. The Morgan fingerprint density at radius 3 is 2.74 bits per heavy atom. The molecule has 23 heavy (non-hydrogen) atoms. The minimum absolute atomic E-state index is 0.124. The smallest absolute Gasteiger partial charge is 0.222 e. The number of benzene rings is 1. The Hall–Kier alpha value is -2.24. The molecule has 1 unspecified atom stereocenters. The summed E-state index contributed by atoms with van der Waals surface area (Å²) < 4.78 is 26.5. The van der Waals surface area contributed by atoms with E-state index < -0.39 is 11.6 Å². The highest BCUT2D eigenvalue weighted by atomic mass is 19.1. The van der Waals surface area contributed by atoms with E-state index in [-0.39, 0.29) is 11.8 Å². The monoisotopic (exact) mass is 319 g/mol. The summed E-state index contributed by atoms with van der Waals surface area (Å²) in [7, 11) is 0. The Labute approximate surface area is 133 Å². The average molecular weight is 319 g/mol. The molecule has 1 aliphatic rings. The molecule has 1 aromatic heterocycles. The Bertz CT molecular complexity index is 652. The molecule has 1 atom stereocenters. The first kappa shape index (κ1) is 15.6. The Kier molecular flexibility index (Phi) is 4.69. The van der Waals surface area contributed by atoms with E-state index in [0.717, 1.165) is 18.1 Å². The molecule has 1 N–H and O–H groups in total. The third-order valence-electron chi connectivity index (χ3n) is 4.27. The molecule has 6 heteroatoms. The van der Waals surface area contributed by atoms with Crippen LogP contribution in [-0.2, 0) is 17.6 Å². The summed E-state index contributed by atoms with van der Waals surface area (Å²) in [6, 6.07) is 3.61. The topological polar surface area (TPSA) is 49.0 Å². The van der Waals surface area contributed by atoms with Crippen LogP contribution in [-0.4, -0.2) is 34.1 Å². The van der Waals surface area contributed by atoms with Crippen LogP contribution in [0.1, 0.15) is 24.0 Å². The van der Waals surface area contributed by atoms with Gasteiger partial charge in [0.25, 0.3) is 0 Å². The molecule has 1 aliphatic heterocycles. The highest BCUT2D eigenvalue weighted by Gasteiger charge is 2.26. The second-order valence-electron chi connectivity index (χ2n) is 6.08. The summed E-state index contributed by atoms with van der Waals surface area (Å²) in [6.07, 6.45) is 6.11. The van der Waals surface area contributed by atoms with Crippen molar-refractivity contribution < 1.29 is 13.6 Å². The molecule has 3 rings (SSSR count). The van der Waals surface area contributed by atoms with Gasteiger partial charge in [0.05, 0.1) is 6.20 Å². The summed E-state index contributed by atoms with van der Waals surface area (Å²) in [5.74, 6) is -0.717. The van der Waals surface area contributed by atoms with Gasteiger partial charge in [-0.05, 0) is 48.4 Å². The third kappa shape index (κ3) is 4.15. The van der Waals surface area contributed by atoms with Crippen LogP contribution in [0.25, 0.3) is 0 Å². The standard InChI is InChI=1S/C17H19F2N3O/c18-15-6-14(7-16(19)8-15)5-12-3-4-22(11-12)17(23)2-1-13-9-20-21-10-13/h6-10,12H,1-5,11H2,(H,20,21). The predicted molar refractivity (Wildman–Crippen MR) is 81.7 cm³/mol. The van der Waals surface area contributed by atoms with Crippen molar-refractivity contribution in [3.8, 4) is 0 Å². The van der Waals surface area contributed by atoms with Gasteiger partial charge in [0.1, 0.15) is 11.6 Å². The number of nitrogens with zero attached hydrogens (tertiary/aromatic N) is 2. The van der Waals surface area contributed by atoms with Crippen LogP contribution in [0.5, 0.6) is 0 Å². The van der Waals surface area contributed by atoms with Crippen LogP contribution in [0.2, 0.25) is 0 Å². The minimum atomic E-state index is -0.550. The van der Waals surface area contributed by atoms with Gasteiger partial charge in [-0.3, -0.25) is 9.89 Å². The van der Waals surface area contributed by atoms with Crippen LogP contribution in [0, 0.1) is 17.6 Å². The first-order chi connectivity index (χ1) is 11.1. The number of carbonyl (C=O) groups excluding carboxylic acids is 1. The molecule has 1 amide bonds. The van der Waals surface area contributed by atoms with E-state index in [9.17, 15) is 13.6 Å². The Balaban J connectivity index is 1.50. The lowest BCUT2D eigenvalue weighted by atomic mass is 9.98. The van der Waals surface area contributed by atoms with Crippen LogP contribution in [0.4, 0.5) is 8.78 Å². The van der Waals surface area contributed by atoms with Crippen molar-refractivity contribution in [2.45, 2.75) is 25.7 Å². The van der Waals surface area contributed by atoms with E-state index in [1.807, 2.05) is 4.90 Å². The Morgan fingerprint density at radius 1 is 1.26 bits per heavy atom. The molecule has 0 radical (unpaired) electrons. The van der Waals surface area contributed by atoms with Crippen molar-refractivity contribution >= 4 is 5.91 Å². The van der Waals surface area contributed by atoms with Crippen molar-refractivity contribution in [1.82, 2.24) is 15.1 Å². The quantitative estimate of drug-likeness (QED) is 0.921. The van der Waals surface area contributed by atoms with E-state index in [1.54, 1.807) is 12.4 Å². The van der Waals surface area contributed by atoms with E-state index in [0.29, 0.717) is 37.9 Å². The zero-order valence-corrected chi connectivity index (χ0v) is 12.8. The lowest BCUT2D eigenvalue weighted by Gasteiger charge is -2.16. The van der Waals surface area contributed by atoms with Crippen LogP contribution in [0.15, 0.2) is 30.6 Å². The van der Waals surface area contributed by atoms with Gasteiger partial charge in [0, 0.05) is 31.8 Å². The van der Waals surface area contributed by atoms with Gasteiger partial charge in [-0.25, -0.2) is 8.78 Å². The molecule has 122 valence electrons. The number of aryl methyl sites for hydroxylation is 1. The number of carbonyl (C=O) groups is 1. The number of hydrogen-bond donors (Lipinski definition) is 1. The number of halogens is 2. The normalized spacial score (nSPS) is 17.7. The maximum atomic E-state index is 13.2. The number of aromatic amines is 1. The molecule has 0 aliphatic carbocycles. The molecule has 0 saturated carbocycles.